The van der Waals surface area contributed by atoms with Gasteiger partial charge in [0, 0.05) is 12.2 Å². The van der Waals surface area contributed by atoms with Crippen LogP contribution in [0, 0.1) is 6.92 Å². The van der Waals surface area contributed by atoms with Crippen LogP contribution in [0.4, 0.5) is 5.69 Å². The molecule has 1 aliphatic rings. The number of hydrogen-bond acceptors (Lipinski definition) is 4. The number of rotatable bonds is 3. The Morgan fingerprint density at radius 3 is 2.95 bits per heavy atom. The fraction of sp³-hybridized carbons (Fsp3) is 0.312. The van der Waals surface area contributed by atoms with E-state index < -0.39 is 0 Å². The van der Waals surface area contributed by atoms with Crippen molar-refractivity contribution in [2.45, 2.75) is 19.8 Å². The van der Waals surface area contributed by atoms with Gasteiger partial charge in [0.25, 0.3) is 5.91 Å². The largest absolute Gasteiger partial charge is 0.342 e. The lowest BCUT2D eigenvalue weighted by Gasteiger charge is -2.29. The fourth-order valence-corrected chi connectivity index (χ4v) is 3.36. The van der Waals surface area contributed by atoms with Gasteiger partial charge in [0.15, 0.2) is 0 Å². The Morgan fingerprint density at radius 1 is 1.36 bits per heavy atom. The Hall–Kier alpha value is -2.21. The van der Waals surface area contributed by atoms with Crippen molar-refractivity contribution < 1.29 is 9.59 Å². The van der Waals surface area contributed by atoms with Crippen LogP contribution < -0.4 is 10.2 Å². The first kappa shape index (κ1) is 14.7. The van der Waals surface area contributed by atoms with Crippen molar-refractivity contribution in [1.29, 1.82) is 0 Å². The first-order valence-electron chi connectivity index (χ1n) is 7.23. The molecule has 1 N–H and O–H groups in total. The maximum absolute atomic E-state index is 12.4. The van der Waals surface area contributed by atoms with Crippen LogP contribution in [-0.2, 0) is 11.2 Å². The molecule has 114 valence electrons. The molecule has 0 spiro atoms. The van der Waals surface area contributed by atoms with Crippen LogP contribution in [0.5, 0.6) is 0 Å². The first-order valence-corrected chi connectivity index (χ1v) is 8.11. The van der Waals surface area contributed by atoms with Gasteiger partial charge in [0.2, 0.25) is 5.91 Å². The highest BCUT2D eigenvalue weighted by atomic mass is 32.1. The van der Waals surface area contributed by atoms with Crippen molar-refractivity contribution >= 4 is 28.8 Å². The molecular weight excluding hydrogens is 298 g/mol. The number of aryl methyl sites for hydroxylation is 2. The third kappa shape index (κ3) is 2.87. The number of amides is 2. The zero-order chi connectivity index (χ0) is 15.5. The number of nitrogens with zero attached hydrogens (tertiary/aromatic N) is 2. The third-order valence-corrected chi connectivity index (χ3v) is 4.69. The standard InChI is InChI=1S/C16H17N3O2S/c1-11-15(22-10-18-11)16(21)17-9-14(20)19-8-4-6-12-5-2-3-7-13(12)19/h2-3,5,7,10H,4,6,8-9H2,1H3,(H,17,21). The van der Waals surface area contributed by atoms with Gasteiger partial charge in [-0.3, -0.25) is 9.59 Å². The van der Waals surface area contributed by atoms with Crippen LogP contribution in [0.3, 0.4) is 0 Å². The van der Waals surface area contributed by atoms with E-state index in [1.807, 2.05) is 24.3 Å². The number of aromatic nitrogens is 1. The minimum absolute atomic E-state index is 0.00447. The number of fused-ring (bicyclic) bond motifs is 1. The smallest absolute Gasteiger partial charge is 0.263 e. The second-order valence-electron chi connectivity index (χ2n) is 5.23. The zero-order valence-corrected chi connectivity index (χ0v) is 13.2. The van der Waals surface area contributed by atoms with Crippen LogP contribution in [0.2, 0.25) is 0 Å². The van der Waals surface area contributed by atoms with E-state index in [1.165, 1.54) is 16.9 Å². The third-order valence-electron chi connectivity index (χ3n) is 3.76. The number of benzene rings is 1. The van der Waals surface area contributed by atoms with Crippen LogP contribution in [0.25, 0.3) is 0 Å². The van der Waals surface area contributed by atoms with Gasteiger partial charge in [0.1, 0.15) is 4.88 Å². The van der Waals surface area contributed by atoms with Crippen LogP contribution in [0.15, 0.2) is 29.8 Å². The van der Waals surface area contributed by atoms with Gasteiger partial charge in [-0.15, -0.1) is 11.3 Å². The zero-order valence-electron chi connectivity index (χ0n) is 12.3. The maximum atomic E-state index is 12.4. The van der Waals surface area contributed by atoms with Gasteiger partial charge in [0.05, 0.1) is 17.7 Å². The quantitative estimate of drug-likeness (QED) is 0.944. The Morgan fingerprint density at radius 2 is 2.18 bits per heavy atom. The molecule has 2 amide bonds. The summed E-state index contributed by atoms with van der Waals surface area (Å²) in [4.78, 5) is 30.8. The maximum Gasteiger partial charge on any atom is 0.263 e. The number of anilines is 1. The van der Waals surface area contributed by atoms with Crippen LogP contribution in [-0.4, -0.2) is 29.9 Å². The molecule has 0 saturated heterocycles. The number of nitrogens with one attached hydrogen (secondary N) is 1. The van der Waals surface area contributed by atoms with Crippen LogP contribution >= 0.6 is 11.3 Å². The molecule has 0 fully saturated rings. The molecular formula is C16H17N3O2S. The van der Waals surface area contributed by atoms with E-state index in [0.29, 0.717) is 17.1 Å². The molecule has 0 unspecified atom stereocenters. The molecule has 0 aliphatic carbocycles. The molecule has 0 bridgehead atoms. The van der Waals surface area contributed by atoms with Crippen molar-refractivity contribution in [2.75, 3.05) is 18.0 Å². The summed E-state index contributed by atoms with van der Waals surface area (Å²) in [6.07, 6.45) is 1.94. The molecule has 2 heterocycles. The summed E-state index contributed by atoms with van der Waals surface area (Å²) in [5.41, 5.74) is 4.47. The lowest BCUT2D eigenvalue weighted by Crippen LogP contribution is -2.42. The number of para-hydroxylation sites is 1. The summed E-state index contributed by atoms with van der Waals surface area (Å²) in [6, 6.07) is 7.93. The van der Waals surface area contributed by atoms with Gasteiger partial charge in [-0.05, 0) is 31.4 Å². The van der Waals surface area contributed by atoms with Gasteiger partial charge in [-0.2, -0.15) is 0 Å². The Bertz CT molecular complexity index is 711. The summed E-state index contributed by atoms with van der Waals surface area (Å²) in [6.45, 7) is 2.49. The number of thiazole rings is 1. The average Bonchev–Trinajstić information content (AvgIpc) is 2.98. The Labute approximate surface area is 133 Å². The molecule has 5 nitrogen and oxygen atoms in total. The van der Waals surface area contributed by atoms with Crippen molar-refractivity contribution in [2.24, 2.45) is 0 Å². The highest BCUT2D eigenvalue weighted by Crippen LogP contribution is 2.26. The highest BCUT2D eigenvalue weighted by Gasteiger charge is 2.22. The summed E-state index contributed by atoms with van der Waals surface area (Å²) >= 11 is 1.29. The topological polar surface area (TPSA) is 62.3 Å². The molecule has 0 saturated carbocycles. The minimum Gasteiger partial charge on any atom is -0.342 e. The van der Waals surface area contributed by atoms with E-state index >= 15 is 0 Å². The first-order chi connectivity index (χ1) is 10.7. The van der Waals surface area contributed by atoms with Crippen molar-refractivity contribution in [3.8, 4) is 0 Å². The fourth-order valence-electron chi connectivity index (χ4n) is 2.64. The molecule has 1 aliphatic heterocycles. The predicted octanol–water partition coefficient (Wildman–Crippen LogP) is 2.16. The van der Waals surface area contributed by atoms with Crippen molar-refractivity contribution in [1.82, 2.24) is 10.3 Å². The number of carbonyl (C=O) groups excluding carboxylic acids is 2. The Balaban J connectivity index is 1.66. The number of hydrogen-bond donors (Lipinski definition) is 1. The van der Waals surface area contributed by atoms with E-state index in [-0.39, 0.29) is 18.4 Å². The lowest BCUT2D eigenvalue weighted by molar-refractivity contribution is -0.117. The van der Waals surface area contributed by atoms with E-state index in [4.69, 9.17) is 0 Å². The monoisotopic (exact) mass is 315 g/mol. The predicted molar refractivity (Wildman–Crippen MR) is 86.3 cm³/mol. The summed E-state index contributed by atoms with van der Waals surface area (Å²) < 4.78 is 0. The van der Waals surface area contributed by atoms with E-state index in [0.717, 1.165) is 18.5 Å². The molecule has 1 aromatic carbocycles. The lowest BCUT2D eigenvalue weighted by atomic mass is 10.0. The molecule has 1 aromatic heterocycles. The Kier molecular flexibility index (Phi) is 4.20. The van der Waals surface area contributed by atoms with E-state index in [1.54, 1.807) is 17.3 Å². The summed E-state index contributed by atoms with van der Waals surface area (Å²) in [7, 11) is 0. The van der Waals surface area contributed by atoms with Crippen molar-refractivity contribution in [3.05, 3.63) is 45.9 Å². The van der Waals surface area contributed by atoms with Gasteiger partial charge in [-0.25, -0.2) is 4.98 Å². The number of carbonyl (C=O) groups is 2. The van der Waals surface area contributed by atoms with Crippen LogP contribution in [0.1, 0.15) is 27.3 Å². The van der Waals surface area contributed by atoms with Gasteiger partial charge in [-0.1, -0.05) is 18.2 Å². The van der Waals surface area contributed by atoms with E-state index in [2.05, 4.69) is 10.3 Å². The molecule has 3 rings (SSSR count). The molecule has 0 radical (unpaired) electrons. The second kappa shape index (κ2) is 6.27. The normalized spacial score (nSPS) is 13.6. The van der Waals surface area contributed by atoms with Crippen molar-refractivity contribution in [3.63, 3.8) is 0 Å². The summed E-state index contributed by atoms with van der Waals surface area (Å²) in [5.74, 6) is -0.318. The molecule has 0 atom stereocenters. The SMILES string of the molecule is Cc1ncsc1C(=O)NCC(=O)N1CCCc2ccccc21. The molecule has 2 aromatic rings. The highest BCUT2D eigenvalue weighted by molar-refractivity contribution is 7.11. The molecule has 22 heavy (non-hydrogen) atoms. The minimum atomic E-state index is -0.237. The summed E-state index contributed by atoms with van der Waals surface area (Å²) in [5, 5.41) is 2.69. The molecule has 6 heteroatoms. The second-order valence-corrected chi connectivity index (χ2v) is 6.08. The van der Waals surface area contributed by atoms with Gasteiger partial charge < -0.3 is 10.2 Å². The van der Waals surface area contributed by atoms with Gasteiger partial charge >= 0.3 is 0 Å². The van der Waals surface area contributed by atoms with E-state index in [9.17, 15) is 9.59 Å². The average molecular weight is 315 g/mol.